The summed E-state index contributed by atoms with van der Waals surface area (Å²) in [6, 6.07) is 1.72. The quantitative estimate of drug-likeness (QED) is 0.261. The summed E-state index contributed by atoms with van der Waals surface area (Å²) in [7, 11) is 0. The first kappa shape index (κ1) is 35.8. The number of nitrogens with one attached hydrogen (secondary N) is 1. The second kappa shape index (κ2) is 13.1. The van der Waals surface area contributed by atoms with Crippen molar-refractivity contribution in [3.05, 3.63) is 24.2 Å². The monoisotopic (exact) mass is 608 g/mol. The van der Waals surface area contributed by atoms with Gasteiger partial charge in [-0.05, 0) is 95.2 Å². The van der Waals surface area contributed by atoms with Crippen LogP contribution in [0.15, 0.2) is 22.8 Å². The van der Waals surface area contributed by atoms with E-state index in [1.807, 2.05) is 0 Å². The standard InChI is InChI=1S/C31H48N2O10/c1-28(2,3)25(36)41-19-16-40-24(22(43-27(38)30(7,8)9)21(19)42-26(37)29(4,5)6)33(17-34)20(18-14-13-15-39-18)23(35)32-31(10,11)12/h13-15,17,19-22,24H,16H2,1-12H3,(H,32,35)/t19-,20+,21?,22?,24+/m1/s1. The highest BCUT2D eigenvalue weighted by molar-refractivity contribution is 5.85. The zero-order valence-electron chi connectivity index (χ0n) is 27.4. The Kier molecular flexibility index (Phi) is 10.9. The zero-order chi connectivity index (χ0) is 33.1. The fourth-order valence-corrected chi connectivity index (χ4v) is 3.86. The summed E-state index contributed by atoms with van der Waals surface area (Å²) in [4.78, 5) is 66.9. The highest BCUT2D eigenvalue weighted by atomic mass is 16.7. The van der Waals surface area contributed by atoms with E-state index in [4.69, 9.17) is 23.4 Å². The SMILES string of the molecule is CC(C)(C)NC(=O)[C@H](c1ccco1)N(C=O)[C@H]1OC[C@@H](OC(=O)C(C)(C)C)C(OC(=O)C(C)(C)C)C1OC(=O)C(C)(C)C. The third kappa shape index (κ3) is 9.54. The van der Waals surface area contributed by atoms with E-state index in [1.165, 1.54) is 12.3 Å². The van der Waals surface area contributed by atoms with Crippen molar-refractivity contribution in [3.63, 3.8) is 0 Å². The van der Waals surface area contributed by atoms with Crippen LogP contribution in [-0.2, 0) is 42.9 Å². The first-order valence-corrected chi connectivity index (χ1v) is 14.3. The van der Waals surface area contributed by atoms with Crippen LogP contribution in [0.4, 0.5) is 0 Å². The number of hydrogen-bond donors (Lipinski definition) is 1. The van der Waals surface area contributed by atoms with Gasteiger partial charge in [0.15, 0.2) is 30.6 Å². The van der Waals surface area contributed by atoms with E-state index in [0.717, 1.165) is 4.90 Å². The number of hydrogen-bond acceptors (Lipinski definition) is 10. The summed E-state index contributed by atoms with van der Waals surface area (Å²) in [5.74, 6) is -2.46. The molecule has 0 saturated carbocycles. The summed E-state index contributed by atoms with van der Waals surface area (Å²) >= 11 is 0. The van der Waals surface area contributed by atoms with Gasteiger partial charge in [-0.3, -0.25) is 28.9 Å². The predicted molar refractivity (Wildman–Crippen MR) is 155 cm³/mol. The van der Waals surface area contributed by atoms with Gasteiger partial charge in [0.1, 0.15) is 5.76 Å². The van der Waals surface area contributed by atoms with Crippen LogP contribution >= 0.6 is 0 Å². The number of amides is 2. The van der Waals surface area contributed by atoms with Gasteiger partial charge in [-0.2, -0.15) is 0 Å². The Hall–Kier alpha value is -3.41. The topological polar surface area (TPSA) is 151 Å². The van der Waals surface area contributed by atoms with Gasteiger partial charge in [0.25, 0.3) is 5.91 Å². The van der Waals surface area contributed by atoms with Crippen molar-refractivity contribution >= 4 is 30.2 Å². The molecule has 1 aliphatic heterocycles. The Balaban J connectivity index is 2.71. The molecule has 12 heteroatoms. The van der Waals surface area contributed by atoms with Gasteiger partial charge in [-0.15, -0.1) is 0 Å². The second-order valence-corrected chi connectivity index (χ2v) is 14.9. The lowest BCUT2D eigenvalue weighted by atomic mass is 9.94. The average Bonchev–Trinajstić information content (AvgIpc) is 3.35. The van der Waals surface area contributed by atoms with E-state index in [9.17, 15) is 24.0 Å². The molecule has 0 bridgehead atoms. The molecule has 2 amide bonds. The number of nitrogens with zero attached hydrogens (tertiary/aromatic N) is 1. The van der Waals surface area contributed by atoms with Crippen LogP contribution in [0.3, 0.4) is 0 Å². The highest BCUT2D eigenvalue weighted by Crippen LogP contribution is 2.35. The largest absolute Gasteiger partial charge is 0.467 e. The van der Waals surface area contributed by atoms with Crippen LogP contribution in [0.2, 0.25) is 0 Å². The van der Waals surface area contributed by atoms with Gasteiger partial charge in [0, 0.05) is 5.54 Å². The van der Waals surface area contributed by atoms with Crippen molar-refractivity contribution in [2.24, 2.45) is 16.2 Å². The molecular formula is C31H48N2O10. The molecule has 242 valence electrons. The summed E-state index contributed by atoms with van der Waals surface area (Å²) in [6.45, 7) is 19.8. The summed E-state index contributed by atoms with van der Waals surface area (Å²) < 4.78 is 29.2. The van der Waals surface area contributed by atoms with Crippen molar-refractivity contribution < 1.29 is 47.3 Å². The molecule has 43 heavy (non-hydrogen) atoms. The molecule has 2 unspecified atom stereocenters. The number of rotatable bonds is 8. The Labute approximate surface area is 254 Å². The van der Waals surface area contributed by atoms with E-state index < -0.39 is 76.2 Å². The number of esters is 3. The lowest BCUT2D eigenvalue weighted by molar-refractivity contribution is -0.257. The molecule has 1 fully saturated rings. The van der Waals surface area contributed by atoms with E-state index in [1.54, 1.807) is 89.2 Å². The van der Waals surface area contributed by atoms with Crippen LogP contribution in [-0.4, -0.2) is 71.8 Å². The molecule has 0 spiro atoms. The maximum absolute atomic E-state index is 13.6. The number of carbonyl (C=O) groups is 5. The summed E-state index contributed by atoms with van der Waals surface area (Å²) in [5, 5.41) is 2.84. The van der Waals surface area contributed by atoms with Crippen LogP contribution in [0.25, 0.3) is 0 Å². The van der Waals surface area contributed by atoms with Gasteiger partial charge in [-0.25, -0.2) is 0 Å². The fraction of sp³-hybridized carbons (Fsp3) is 0.710. The zero-order valence-corrected chi connectivity index (χ0v) is 27.4. The van der Waals surface area contributed by atoms with E-state index in [2.05, 4.69) is 5.32 Å². The van der Waals surface area contributed by atoms with Crippen molar-refractivity contribution in [2.45, 2.75) is 119 Å². The maximum atomic E-state index is 13.6. The molecule has 5 atom stereocenters. The van der Waals surface area contributed by atoms with Crippen LogP contribution in [0, 0.1) is 16.2 Å². The molecule has 12 nitrogen and oxygen atoms in total. The van der Waals surface area contributed by atoms with Crippen molar-refractivity contribution in [1.82, 2.24) is 10.2 Å². The Morgan fingerprint density at radius 1 is 0.837 bits per heavy atom. The molecule has 2 heterocycles. The minimum Gasteiger partial charge on any atom is -0.467 e. The van der Waals surface area contributed by atoms with Gasteiger partial charge in [0.05, 0.1) is 29.1 Å². The Morgan fingerprint density at radius 2 is 1.33 bits per heavy atom. The van der Waals surface area contributed by atoms with E-state index in [-0.39, 0.29) is 12.4 Å². The molecule has 0 radical (unpaired) electrons. The van der Waals surface area contributed by atoms with E-state index in [0.29, 0.717) is 6.41 Å². The Morgan fingerprint density at radius 3 is 1.74 bits per heavy atom. The number of carbonyl (C=O) groups excluding carboxylic acids is 5. The predicted octanol–water partition coefficient (Wildman–Crippen LogP) is 3.92. The van der Waals surface area contributed by atoms with Gasteiger partial charge in [0.2, 0.25) is 6.41 Å². The van der Waals surface area contributed by atoms with Crippen LogP contribution < -0.4 is 5.32 Å². The lowest BCUT2D eigenvalue weighted by Gasteiger charge is -2.46. The summed E-state index contributed by atoms with van der Waals surface area (Å²) in [6.07, 6.45) is -3.83. The first-order valence-electron chi connectivity index (χ1n) is 14.3. The van der Waals surface area contributed by atoms with Crippen molar-refractivity contribution in [3.8, 4) is 0 Å². The lowest BCUT2D eigenvalue weighted by Crippen LogP contribution is -2.64. The smallest absolute Gasteiger partial charge is 0.311 e. The second-order valence-electron chi connectivity index (χ2n) is 14.9. The number of furan rings is 1. The molecule has 2 rings (SSSR count). The fourth-order valence-electron chi connectivity index (χ4n) is 3.86. The maximum Gasteiger partial charge on any atom is 0.311 e. The summed E-state index contributed by atoms with van der Waals surface area (Å²) in [5.41, 5.74) is -3.61. The molecule has 0 aliphatic carbocycles. The minimum absolute atomic E-state index is 0.114. The Bertz CT molecular complexity index is 1150. The molecule has 1 aromatic heterocycles. The minimum atomic E-state index is -1.50. The third-order valence-corrected chi connectivity index (χ3v) is 6.26. The average molecular weight is 609 g/mol. The van der Waals surface area contributed by atoms with Crippen molar-refractivity contribution in [2.75, 3.05) is 6.61 Å². The molecule has 1 aromatic rings. The van der Waals surface area contributed by atoms with Crippen LogP contribution in [0.5, 0.6) is 0 Å². The van der Waals surface area contributed by atoms with E-state index >= 15 is 0 Å². The molecule has 1 aliphatic rings. The van der Waals surface area contributed by atoms with Crippen molar-refractivity contribution in [1.29, 1.82) is 0 Å². The van der Waals surface area contributed by atoms with Gasteiger partial charge >= 0.3 is 17.9 Å². The third-order valence-electron chi connectivity index (χ3n) is 6.26. The van der Waals surface area contributed by atoms with Gasteiger partial charge < -0.3 is 28.7 Å². The van der Waals surface area contributed by atoms with Crippen LogP contribution in [0.1, 0.15) is 94.9 Å². The normalized spacial score (nSPS) is 22.1. The molecule has 1 N–H and O–H groups in total. The molecule has 1 saturated heterocycles. The molecule has 0 aromatic carbocycles. The first-order chi connectivity index (χ1) is 19.5. The highest BCUT2D eigenvalue weighted by Gasteiger charge is 2.53. The van der Waals surface area contributed by atoms with Gasteiger partial charge in [-0.1, -0.05) is 0 Å². The molecular weight excluding hydrogens is 560 g/mol. The number of ether oxygens (including phenoxy) is 4.